The Kier molecular flexibility index (Phi) is 7.27. The summed E-state index contributed by atoms with van der Waals surface area (Å²) in [6.45, 7) is 0. The van der Waals surface area contributed by atoms with E-state index in [2.05, 4.69) is 168 Å². The predicted octanol–water partition coefficient (Wildman–Crippen LogP) is 7.57. The summed E-state index contributed by atoms with van der Waals surface area (Å²) in [5.74, 6) is 0. The van der Waals surface area contributed by atoms with Crippen LogP contribution in [0.5, 0.6) is 0 Å². The topological polar surface area (TPSA) is 52.5 Å². The Hall–Kier alpha value is -6.46. The lowest BCUT2D eigenvalue weighted by Crippen LogP contribution is -2.74. The molecule has 0 aliphatic carbocycles. The van der Waals surface area contributed by atoms with Gasteiger partial charge in [0.1, 0.15) is 0 Å². The van der Waals surface area contributed by atoms with Crippen LogP contribution < -0.4 is 20.7 Å². The molecule has 8 rings (SSSR count). The summed E-state index contributed by atoms with van der Waals surface area (Å²) >= 11 is 0. The molecule has 48 heavy (non-hydrogen) atoms. The molecule has 0 bridgehead atoms. The van der Waals surface area contributed by atoms with Crippen LogP contribution in [-0.4, -0.2) is 12.6 Å². The molecular weight excluding hydrogens is 599 g/mol. The summed E-state index contributed by atoms with van der Waals surface area (Å²) in [7, 11) is -2.83. The predicted molar refractivity (Wildman–Crippen MR) is 199 cm³/mol. The van der Waals surface area contributed by atoms with Gasteiger partial charge in [-0.2, -0.15) is 10.5 Å². The molecule has 8 aromatic rings. The minimum atomic E-state index is -2.83. The van der Waals surface area contributed by atoms with Gasteiger partial charge in [-0.25, -0.2) is 0 Å². The van der Waals surface area contributed by atoms with Crippen molar-refractivity contribution in [2.45, 2.75) is 0 Å². The highest BCUT2D eigenvalue weighted by Crippen LogP contribution is 2.36. The van der Waals surface area contributed by atoms with E-state index in [0.29, 0.717) is 11.1 Å². The van der Waals surface area contributed by atoms with Crippen molar-refractivity contribution in [3.63, 3.8) is 0 Å². The third-order valence-corrected chi connectivity index (χ3v) is 14.2. The van der Waals surface area contributed by atoms with Crippen molar-refractivity contribution in [3.8, 4) is 29.0 Å². The second-order valence-corrected chi connectivity index (χ2v) is 15.8. The lowest BCUT2D eigenvalue weighted by atomic mass is 10.0. The average Bonchev–Trinajstić information content (AvgIpc) is 3.50. The van der Waals surface area contributed by atoms with Crippen LogP contribution in [0.4, 0.5) is 0 Å². The fourth-order valence-corrected chi connectivity index (χ4v) is 12.1. The molecule has 0 spiro atoms. The van der Waals surface area contributed by atoms with Crippen molar-refractivity contribution in [1.29, 1.82) is 10.5 Å². The molecule has 0 saturated carbocycles. The van der Waals surface area contributed by atoms with Crippen LogP contribution in [0.1, 0.15) is 11.1 Å². The number of benzene rings is 7. The molecule has 224 valence electrons. The molecule has 0 saturated heterocycles. The molecule has 0 fully saturated rings. The first-order chi connectivity index (χ1) is 23.7. The zero-order valence-electron chi connectivity index (χ0n) is 26.1. The molecular formula is C44H29N3Si. The lowest BCUT2D eigenvalue weighted by molar-refractivity contribution is 1.18. The van der Waals surface area contributed by atoms with Crippen molar-refractivity contribution in [2.24, 2.45) is 0 Å². The number of hydrogen-bond donors (Lipinski definition) is 0. The quantitative estimate of drug-likeness (QED) is 0.141. The van der Waals surface area contributed by atoms with Gasteiger partial charge in [0.2, 0.25) is 0 Å². The van der Waals surface area contributed by atoms with Gasteiger partial charge in [0.05, 0.1) is 40.0 Å². The Morgan fingerprint density at radius 1 is 0.417 bits per heavy atom. The highest BCUT2D eigenvalue weighted by atomic mass is 28.3. The molecule has 1 aromatic heterocycles. The molecule has 7 aromatic carbocycles. The van der Waals surface area contributed by atoms with E-state index in [9.17, 15) is 10.5 Å². The Balaban J connectivity index is 1.41. The van der Waals surface area contributed by atoms with Gasteiger partial charge in [0, 0.05) is 16.3 Å². The molecule has 0 aliphatic heterocycles. The minimum absolute atomic E-state index is 0.650. The molecule has 0 radical (unpaired) electrons. The number of hydrogen-bond acceptors (Lipinski definition) is 2. The van der Waals surface area contributed by atoms with Gasteiger partial charge in [-0.05, 0) is 68.8 Å². The summed E-state index contributed by atoms with van der Waals surface area (Å²) in [6, 6.07) is 66.5. The van der Waals surface area contributed by atoms with Crippen LogP contribution in [0.2, 0.25) is 0 Å². The first-order valence-electron chi connectivity index (χ1n) is 16.0. The van der Waals surface area contributed by atoms with Gasteiger partial charge >= 0.3 is 0 Å². The fourth-order valence-electron chi connectivity index (χ4n) is 7.31. The van der Waals surface area contributed by atoms with Gasteiger partial charge in [-0.1, -0.05) is 133 Å². The smallest absolute Gasteiger partial charge is 0.179 e. The standard InChI is InChI=1S/C44H29N3Si/c45-30-32-22-25-37(26-23-32)48(35-13-3-1-4-14-35,36-15-5-2-6-16-36)38-17-11-12-34(29-38)39-18-7-9-20-42(39)47-43-21-10-8-19-40(43)41-28-33(31-46)24-27-44(41)47/h1-29H. The van der Waals surface area contributed by atoms with Crippen molar-refractivity contribution in [3.05, 3.63) is 187 Å². The number of fused-ring (bicyclic) bond motifs is 3. The van der Waals surface area contributed by atoms with Crippen molar-refractivity contribution in [1.82, 2.24) is 4.57 Å². The molecule has 1 heterocycles. The lowest BCUT2D eigenvalue weighted by Gasteiger charge is -2.34. The van der Waals surface area contributed by atoms with E-state index in [-0.39, 0.29) is 0 Å². The summed E-state index contributed by atoms with van der Waals surface area (Å²) in [6.07, 6.45) is 0. The molecule has 3 nitrogen and oxygen atoms in total. The summed E-state index contributed by atoms with van der Waals surface area (Å²) in [4.78, 5) is 0. The summed E-state index contributed by atoms with van der Waals surface area (Å²) in [5.41, 5.74) is 6.79. The fraction of sp³-hybridized carbons (Fsp3) is 0. The van der Waals surface area contributed by atoms with E-state index >= 15 is 0 Å². The minimum Gasteiger partial charge on any atom is -0.309 e. The largest absolute Gasteiger partial charge is 0.309 e. The second kappa shape index (κ2) is 12.0. The highest BCUT2D eigenvalue weighted by Gasteiger charge is 2.41. The van der Waals surface area contributed by atoms with Crippen LogP contribution in [0.25, 0.3) is 38.6 Å². The molecule has 4 heteroatoms. The number of para-hydroxylation sites is 2. The molecule has 0 unspecified atom stereocenters. The van der Waals surface area contributed by atoms with E-state index < -0.39 is 8.07 Å². The first kappa shape index (κ1) is 29.0. The third kappa shape index (κ3) is 4.64. The van der Waals surface area contributed by atoms with Gasteiger partial charge < -0.3 is 4.57 Å². The van der Waals surface area contributed by atoms with Crippen LogP contribution in [-0.2, 0) is 0 Å². The average molecular weight is 628 g/mol. The molecule has 0 atom stereocenters. The Bertz CT molecular complexity index is 2480. The maximum absolute atomic E-state index is 9.68. The molecule has 0 N–H and O–H groups in total. The first-order valence-corrected chi connectivity index (χ1v) is 18.0. The van der Waals surface area contributed by atoms with Crippen molar-refractivity contribution in [2.75, 3.05) is 0 Å². The SMILES string of the molecule is N#Cc1ccc([Si](c2ccccc2)(c2ccccc2)c2cccc(-c3ccccc3-n3c4ccccc4c4cc(C#N)ccc43)c2)cc1. The Morgan fingerprint density at radius 2 is 0.979 bits per heavy atom. The highest BCUT2D eigenvalue weighted by molar-refractivity contribution is 7.19. The molecule has 0 amide bonds. The normalized spacial score (nSPS) is 11.3. The van der Waals surface area contributed by atoms with E-state index in [1.807, 2.05) is 24.3 Å². The van der Waals surface area contributed by atoms with Crippen LogP contribution in [0, 0.1) is 22.7 Å². The number of nitrogens with zero attached hydrogens (tertiary/aromatic N) is 3. The number of rotatable bonds is 6. The summed E-state index contributed by atoms with van der Waals surface area (Å²) < 4.78 is 2.33. The third-order valence-electron chi connectivity index (χ3n) is 9.41. The van der Waals surface area contributed by atoms with Crippen LogP contribution in [0.3, 0.4) is 0 Å². The van der Waals surface area contributed by atoms with E-state index in [1.165, 1.54) is 20.7 Å². The maximum Gasteiger partial charge on any atom is 0.179 e. The number of nitriles is 2. The van der Waals surface area contributed by atoms with E-state index in [4.69, 9.17) is 0 Å². The van der Waals surface area contributed by atoms with Crippen LogP contribution >= 0.6 is 0 Å². The second-order valence-electron chi connectivity index (χ2n) is 12.0. The molecule has 0 aliphatic rings. The number of aromatic nitrogens is 1. The van der Waals surface area contributed by atoms with E-state index in [0.717, 1.165) is 38.6 Å². The zero-order chi connectivity index (χ0) is 32.5. The Labute approximate surface area is 280 Å². The van der Waals surface area contributed by atoms with Crippen LogP contribution in [0.15, 0.2) is 176 Å². The van der Waals surface area contributed by atoms with Gasteiger partial charge in [0.25, 0.3) is 0 Å². The Morgan fingerprint density at radius 3 is 1.69 bits per heavy atom. The van der Waals surface area contributed by atoms with Crippen molar-refractivity contribution >= 4 is 50.6 Å². The zero-order valence-corrected chi connectivity index (χ0v) is 27.1. The van der Waals surface area contributed by atoms with Gasteiger partial charge in [0.15, 0.2) is 8.07 Å². The summed E-state index contributed by atoms with van der Waals surface area (Å²) in [5, 5.41) is 26.6. The monoisotopic (exact) mass is 627 g/mol. The van der Waals surface area contributed by atoms with Gasteiger partial charge in [-0.3, -0.25) is 0 Å². The maximum atomic E-state index is 9.68. The van der Waals surface area contributed by atoms with Crippen molar-refractivity contribution < 1.29 is 0 Å². The van der Waals surface area contributed by atoms with Gasteiger partial charge in [-0.15, -0.1) is 0 Å². The van der Waals surface area contributed by atoms with E-state index in [1.54, 1.807) is 0 Å².